The molecule has 0 radical (unpaired) electrons. The number of pyridine rings is 1. The monoisotopic (exact) mass is 307 g/mol. The van der Waals surface area contributed by atoms with E-state index in [0.29, 0.717) is 18.1 Å². The first-order valence-corrected chi connectivity index (χ1v) is 7.27. The molecule has 0 spiro atoms. The lowest BCUT2D eigenvalue weighted by Gasteiger charge is -2.08. The van der Waals surface area contributed by atoms with Crippen molar-refractivity contribution in [1.29, 1.82) is 0 Å². The Morgan fingerprint density at radius 1 is 1.17 bits per heavy atom. The van der Waals surface area contributed by atoms with Crippen molar-refractivity contribution in [3.8, 4) is 11.3 Å². The number of H-pyrrole nitrogens is 1. The van der Waals surface area contributed by atoms with Crippen molar-refractivity contribution < 1.29 is 4.79 Å². The Morgan fingerprint density at radius 2 is 2.00 bits per heavy atom. The third-order valence-corrected chi connectivity index (χ3v) is 3.42. The summed E-state index contributed by atoms with van der Waals surface area (Å²) in [6.45, 7) is 2.23. The molecule has 116 valence electrons. The van der Waals surface area contributed by atoms with Gasteiger partial charge in [-0.1, -0.05) is 30.3 Å². The van der Waals surface area contributed by atoms with Crippen molar-refractivity contribution in [2.45, 2.75) is 13.5 Å². The molecule has 0 unspecified atom stereocenters. The van der Waals surface area contributed by atoms with E-state index in [1.54, 1.807) is 18.6 Å². The van der Waals surface area contributed by atoms with Crippen LogP contribution in [0.1, 0.15) is 11.4 Å². The van der Waals surface area contributed by atoms with Crippen LogP contribution in [-0.4, -0.2) is 21.0 Å². The number of amides is 2. The first-order valence-electron chi connectivity index (χ1n) is 7.27. The van der Waals surface area contributed by atoms with Crippen LogP contribution in [0.3, 0.4) is 0 Å². The lowest BCUT2D eigenvalue weighted by Crippen LogP contribution is -2.28. The predicted molar refractivity (Wildman–Crippen MR) is 88.9 cm³/mol. The van der Waals surface area contributed by atoms with E-state index in [1.807, 2.05) is 43.3 Å². The van der Waals surface area contributed by atoms with Crippen LogP contribution >= 0.6 is 0 Å². The fourth-order valence-electron chi connectivity index (χ4n) is 2.14. The molecule has 0 aliphatic carbocycles. The van der Waals surface area contributed by atoms with E-state index in [4.69, 9.17) is 0 Å². The van der Waals surface area contributed by atoms with Crippen LogP contribution in [-0.2, 0) is 6.54 Å². The summed E-state index contributed by atoms with van der Waals surface area (Å²) in [7, 11) is 0. The van der Waals surface area contributed by atoms with Crippen molar-refractivity contribution in [1.82, 2.24) is 20.3 Å². The highest BCUT2D eigenvalue weighted by molar-refractivity contribution is 5.89. The molecule has 2 aromatic heterocycles. The van der Waals surface area contributed by atoms with E-state index in [-0.39, 0.29) is 6.03 Å². The number of hydrogen-bond acceptors (Lipinski definition) is 3. The van der Waals surface area contributed by atoms with Gasteiger partial charge in [0.05, 0.1) is 30.3 Å². The molecule has 3 N–H and O–H groups in total. The summed E-state index contributed by atoms with van der Waals surface area (Å²) in [5.74, 6) is 0.696. The van der Waals surface area contributed by atoms with Crippen LogP contribution in [0.25, 0.3) is 11.3 Å². The minimum atomic E-state index is -0.293. The number of nitrogens with zero attached hydrogens (tertiary/aromatic N) is 2. The Labute approximate surface area is 134 Å². The zero-order valence-electron chi connectivity index (χ0n) is 12.7. The maximum atomic E-state index is 11.9. The zero-order chi connectivity index (χ0) is 16.1. The summed E-state index contributed by atoms with van der Waals surface area (Å²) in [6.07, 6.45) is 5.07. The molecule has 0 atom stereocenters. The molecule has 0 fully saturated rings. The Morgan fingerprint density at radius 3 is 2.78 bits per heavy atom. The van der Waals surface area contributed by atoms with Gasteiger partial charge in [-0.05, 0) is 24.1 Å². The van der Waals surface area contributed by atoms with Gasteiger partial charge in [-0.25, -0.2) is 9.78 Å². The summed E-state index contributed by atoms with van der Waals surface area (Å²) in [5.41, 5.74) is 3.63. The lowest BCUT2D eigenvalue weighted by molar-refractivity contribution is 0.251. The summed E-state index contributed by atoms with van der Waals surface area (Å²) in [5, 5.41) is 5.53. The second-order valence-electron chi connectivity index (χ2n) is 5.11. The number of nitrogens with one attached hydrogen (secondary N) is 3. The van der Waals surface area contributed by atoms with Gasteiger partial charge in [0.1, 0.15) is 5.82 Å². The van der Waals surface area contributed by atoms with Gasteiger partial charge in [0.25, 0.3) is 0 Å². The highest BCUT2D eigenvalue weighted by Gasteiger charge is 2.06. The van der Waals surface area contributed by atoms with E-state index in [1.165, 1.54) is 0 Å². The number of benzene rings is 1. The van der Waals surface area contributed by atoms with Gasteiger partial charge in [0.2, 0.25) is 0 Å². The van der Waals surface area contributed by atoms with Gasteiger partial charge >= 0.3 is 6.03 Å². The maximum Gasteiger partial charge on any atom is 0.319 e. The van der Waals surface area contributed by atoms with E-state index in [0.717, 1.165) is 16.8 Å². The summed E-state index contributed by atoms with van der Waals surface area (Å²) >= 11 is 0. The van der Waals surface area contributed by atoms with Crippen LogP contribution < -0.4 is 10.6 Å². The maximum absolute atomic E-state index is 11.9. The molecular formula is C17H17N5O. The molecule has 0 aliphatic heterocycles. The first kappa shape index (κ1) is 14.8. The Bertz CT molecular complexity index is 798. The molecule has 3 rings (SSSR count). The number of carbonyl (C=O) groups is 1. The van der Waals surface area contributed by atoms with Crippen LogP contribution in [0.15, 0.2) is 55.0 Å². The number of aromatic nitrogens is 3. The van der Waals surface area contributed by atoms with Gasteiger partial charge in [-0.2, -0.15) is 0 Å². The van der Waals surface area contributed by atoms with Gasteiger partial charge < -0.3 is 15.6 Å². The number of carbonyl (C=O) groups excluding carboxylic acids is 1. The van der Waals surface area contributed by atoms with Crippen molar-refractivity contribution in [3.63, 3.8) is 0 Å². The highest BCUT2D eigenvalue weighted by Crippen LogP contribution is 2.16. The molecule has 0 saturated heterocycles. The van der Waals surface area contributed by atoms with Crippen LogP contribution in [0.5, 0.6) is 0 Å². The fourth-order valence-corrected chi connectivity index (χ4v) is 2.14. The molecule has 2 amide bonds. The second kappa shape index (κ2) is 6.74. The topological polar surface area (TPSA) is 82.7 Å². The largest absolute Gasteiger partial charge is 0.341 e. The lowest BCUT2D eigenvalue weighted by atomic mass is 10.2. The van der Waals surface area contributed by atoms with Crippen molar-refractivity contribution in [2.75, 3.05) is 5.32 Å². The molecule has 1 aromatic carbocycles. The summed E-state index contributed by atoms with van der Waals surface area (Å²) < 4.78 is 0. The zero-order valence-corrected chi connectivity index (χ0v) is 12.7. The van der Waals surface area contributed by atoms with Crippen LogP contribution in [0.2, 0.25) is 0 Å². The van der Waals surface area contributed by atoms with Crippen LogP contribution in [0, 0.1) is 6.92 Å². The molecular weight excluding hydrogens is 290 g/mol. The molecule has 2 heterocycles. The Balaban J connectivity index is 1.58. The number of imidazole rings is 1. The summed E-state index contributed by atoms with van der Waals surface area (Å²) in [4.78, 5) is 23.4. The third kappa shape index (κ3) is 3.74. The molecule has 6 nitrogen and oxygen atoms in total. The number of urea groups is 1. The van der Waals surface area contributed by atoms with Crippen molar-refractivity contribution in [2.24, 2.45) is 0 Å². The quantitative estimate of drug-likeness (QED) is 0.692. The van der Waals surface area contributed by atoms with Gasteiger partial charge in [0.15, 0.2) is 0 Å². The van der Waals surface area contributed by atoms with Crippen molar-refractivity contribution >= 4 is 11.7 Å². The Kier molecular flexibility index (Phi) is 4.33. The van der Waals surface area contributed by atoms with E-state index < -0.39 is 0 Å². The number of aryl methyl sites for hydroxylation is 1. The van der Waals surface area contributed by atoms with Crippen molar-refractivity contribution in [3.05, 3.63) is 66.4 Å². The first-order chi connectivity index (χ1) is 11.2. The number of rotatable bonds is 4. The molecule has 23 heavy (non-hydrogen) atoms. The smallest absolute Gasteiger partial charge is 0.319 e. The minimum Gasteiger partial charge on any atom is -0.341 e. The standard InChI is InChI=1S/C17H17N5O/c1-12-7-8-18-9-14(12)22-17(23)20-11-16-19-10-15(21-16)13-5-3-2-4-6-13/h2-10H,11H2,1H3,(H,19,21)(H2,20,22,23). The minimum absolute atomic E-state index is 0.293. The molecule has 0 saturated carbocycles. The average Bonchev–Trinajstić information content (AvgIpc) is 3.05. The predicted octanol–water partition coefficient (Wildman–Crippen LogP) is 3.10. The van der Waals surface area contributed by atoms with E-state index in [2.05, 4.69) is 25.6 Å². The third-order valence-electron chi connectivity index (χ3n) is 3.42. The van der Waals surface area contributed by atoms with E-state index in [9.17, 15) is 4.79 Å². The Hall–Kier alpha value is -3.15. The number of hydrogen-bond donors (Lipinski definition) is 3. The SMILES string of the molecule is Cc1ccncc1NC(=O)NCc1ncc(-c2ccccc2)[nH]1. The second-order valence-corrected chi connectivity index (χ2v) is 5.11. The van der Waals surface area contributed by atoms with E-state index >= 15 is 0 Å². The van der Waals surface area contributed by atoms with Gasteiger partial charge in [-0.3, -0.25) is 4.98 Å². The molecule has 3 aromatic rings. The number of anilines is 1. The molecule has 0 aliphatic rings. The van der Waals surface area contributed by atoms with Gasteiger partial charge in [-0.15, -0.1) is 0 Å². The fraction of sp³-hybridized carbons (Fsp3) is 0.118. The summed E-state index contributed by atoms with van der Waals surface area (Å²) in [6, 6.07) is 11.5. The highest BCUT2D eigenvalue weighted by atomic mass is 16.2. The average molecular weight is 307 g/mol. The molecule has 0 bridgehead atoms. The number of aromatic amines is 1. The molecule has 6 heteroatoms. The normalized spacial score (nSPS) is 10.3. The van der Waals surface area contributed by atoms with Crippen LogP contribution in [0.4, 0.5) is 10.5 Å². The van der Waals surface area contributed by atoms with Gasteiger partial charge in [0, 0.05) is 6.20 Å².